The van der Waals surface area contributed by atoms with Crippen LogP contribution in [0, 0.1) is 10.1 Å². The van der Waals surface area contributed by atoms with E-state index in [2.05, 4.69) is 0 Å². The predicted molar refractivity (Wildman–Crippen MR) is 84.2 cm³/mol. The number of benzene rings is 1. The van der Waals surface area contributed by atoms with Crippen molar-refractivity contribution >= 4 is 24.0 Å². The average Bonchev–Trinajstić information content (AvgIpc) is 2.52. The van der Waals surface area contributed by atoms with Gasteiger partial charge in [0.2, 0.25) is 0 Å². The van der Waals surface area contributed by atoms with Gasteiger partial charge in [-0.2, -0.15) is 0 Å². The van der Waals surface area contributed by atoms with Crippen molar-refractivity contribution in [2.24, 2.45) is 5.73 Å². The molecule has 1 atom stereocenters. The first-order valence-electron chi connectivity index (χ1n) is 6.98. The highest BCUT2D eigenvalue weighted by atomic mass is 35.5. The normalized spacial score (nSPS) is 17.5. The number of non-ortho nitro benzene ring substituents is 1. The molecule has 0 spiro atoms. The maximum absolute atomic E-state index is 12.2. The van der Waals surface area contributed by atoms with Crippen molar-refractivity contribution in [2.75, 3.05) is 19.7 Å². The van der Waals surface area contributed by atoms with Crippen LogP contribution in [0.1, 0.15) is 19.3 Å². The molecule has 0 radical (unpaired) electrons. The van der Waals surface area contributed by atoms with Crippen molar-refractivity contribution in [2.45, 2.75) is 25.3 Å². The molecule has 8 heteroatoms. The molecule has 0 aromatic heterocycles. The second kappa shape index (κ2) is 8.55. The van der Waals surface area contributed by atoms with Crippen LogP contribution < -0.4 is 10.5 Å². The summed E-state index contributed by atoms with van der Waals surface area (Å²) < 4.78 is 5.39. The first-order valence-corrected chi connectivity index (χ1v) is 6.98. The lowest BCUT2D eigenvalue weighted by Gasteiger charge is -2.34. The summed E-state index contributed by atoms with van der Waals surface area (Å²) in [5.41, 5.74) is 5.68. The Morgan fingerprint density at radius 2 is 2.05 bits per heavy atom. The fourth-order valence-corrected chi connectivity index (χ4v) is 2.47. The number of hydrogen-bond donors (Lipinski definition) is 1. The number of nitro groups is 1. The molecule has 1 aromatic rings. The van der Waals surface area contributed by atoms with Gasteiger partial charge in [-0.1, -0.05) is 0 Å². The average molecular weight is 330 g/mol. The molecule has 0 saturated carbocycles. The van der Waals surface area contributed by atoms with E-state index in [0.717, 1.165) is 19.3 Å². The van der Waals surface area contributed by atoms with Gasteiger partial charge in [-0.05, 0) is 31.4 Å². The van der Waals surface area contributed by atoms with E-state index in [-0.39, 0.29) is 36.7 Å². The first-order chi connectivity index (χ1) is 10.1. The van der Waals surface area contributed by atoms with Gasteiger partial charge in [0.15, 0.2) is 6.61 Å². The number of carbonyl (C=O) groups excluding carboxylic acids is 1. The summed E-state index contributed by atoms with van der Waals surface area (Å²) in [5.74, 6) is 0.346. The fraction of sp³-hybridized carbons (Fsp3) is 0.500. The Morgan fingerprint density at radius 3 is 2.64 bits per heavy atom. The van der Waals surface area contributed by atoms with Gasteiger partial charge in [-0.3, -0.25) is 14.9 Å². The zero-order valence-electron chi connectivity index (χ0n) is 12.1. The van der Waals surface area contributed by atoms with Crippen LogP contribution in [-0.4, -0.2) is 41.5 Å². The van der Waals surface area contributed by atoms with E-state index in [0.29, 0.717) is 18.8 Å². The van der Waals surface area contributed by atoms with Gasteiger partial charge in [-0.25, -0.2) is 0 Å². The van der Waals surface area contributed by atoms with Crippen LogP contribution in [0.25, 0.3) is 0 Å². The molecule has 1 heterocycles. The molecule has 1 aliphatic rings. The Morgan fingerprint density at radius 1 is 1.36 bits per heavy atom. The van der Waals surface area contributed by atoms with Gasteiger partial charge in [0.25, 0.3) is 11.6 Å². The van der Waals surface area contributed by atoms with E-state index < -0.39 is 4.92 Å². The predicted octanol–water partition coefficient (Wildman–Crippen LogP) is 1.74. The molecule has 22 heavy (non-hydrogen) atoms. The summed E-state index contributed by atoms with van der Waals surface area (Å²) in [7, 11) is 0. The number of ether oxygens (including phenoxy) is 1. The lowest BCUT2D eigenvalue weighted by Crippen LogP contribution is -2.49. The van der Waals surface area contributed by atoms with Crippen LogP contribution in [0.5, 0.6) is 5.75 Å². The van der Waals surface area contributed by atoms with Crippen molar-refractivity contribution in [1.82, 2.24) is 4.90 Å². The molecule has 2 N–H and O–H groups in total. The number of carbonyl (C=O) groups is 1. The second-order valence-electron chi connectivity index (χ2n) is 5.01. The number of halogens is 1. The van der Waals surface area contributed by atoms with Gasteiger partial charge in [0.1, 0.15) is 5.75 Å². The highest BCUT2D eigenvalue weighted by Crippen LogP contribution is 2.19. The van der Waals surface area contributed by atoms with E-state index in [1.54, 1.807) is 4.90 Å². The third kappa shape index (κ3) is 4.57. The summed E-state index contributed by atoms with van der Waals surface area (Å²) in [4.78, 5) is 24.0. The van der Waals surface area contributed by atoms with Crippen LogP contribution in [0.3, 0.4) is 0 Å². The molecule has 1 saturated heterocycles. The van der Waals surface area contributed by atoms with E-state index in [1.165, 1.54) is 24.3 Å². The maximum atomic E-state index is 12.2. The fourth-order valence-electron chi connectivity index (χ4n) is 2.47. The summed E-state index contributed by atoms with van der Waals surface area (Å²) in [6.45, 7) is 1.10. The largest absolute Gasteiger partial charge is 0.484 e. The monoisotopic (exact) mass is 329 g/mol. The molecular weight excluding hydrogens is 310 g/mol. The number of nitrogens with zero attached hydrogens (tertiary/aromatic N) is 2. The van der Waals surface area contributed by atoms with Crippen LogP contribution in [0.2, 0.25) is 0 Å². The third-order valence-electron chi connectivity index (χ3n) is 3.63. The number of hydrogen-bond acceptors (Lipinski definition) is 5. The van der Waals surface area contributed by atoms with Gasteiger partial charge in [0.05, 0.1) is 4.92 Å². The Hall–Kier alpha value is -1.86. The molecule has 0 aliphatic carbocycles. The molecular formula is C14H20ClN3O4. The van der Waals surface area contributed by atoms with Crippen molar-refractivity contribution in [3.8, 4) is 5.75 Å². The van der Waals surface area contributed by atoms with Crippen molar-refractivity contribution in [3.63, 3.8) is 0 Å². The highest BCUT2D eigenvalue weighted by Gasteiger charge is 2.25. The number of amides is 1. The molecule has 1 aliphatic heterocycles. The van der Waals surface area contributed by atoms with E-state index in [1.807, 2.05) is 0 Å². The van der Waals surface area contributed by atoms with E-state index in [9.17, 15) is 14.9 Å². The first kappa shape index (κ1) is 18.2. The smallest absolute Gasteiger partial charge is 0.269 e. The Labute approximate surface area is 135 Å². The zero-order chi connectivity index (χ0) is 15.2. The van der Waals surface area contributed by atoms with Crippen molar-refractivity contribution < 1.29 is 14.5 Å². The molecule has 122 valence electrons. The molecule has 1 fully saturated rings. The number of rotatable bonds is 5. The lowest BCUT2D eigenvalue weighted by molar-refractivity contribution is -0.384. The lowest BCUT2D eigenvalue weighted by atomic mass is 10.0. The summed E-state index contributed by atoms with van der Waals surface area (Å²) in [6, 6.07) is 5.77. The number of piperidine rings is 1. The molecule has 1 unspecified atom stereocenters. The minimum Gasteiger partial charge on any atom is -0.484 e. The van der Waals surface area contributed by atoms with Crippen LogP contribution in [0.15, 0.2) is 24.3 Å². The molecule has 1 aromatic carbocycles. The minimum absolute atomic E-state index is 0. The number of nitro benzene ring substituents is 1. The molecule has 1 amide bonds. The number of likely N-dealkylation sites (tertiary alicyclic amines) is 1. The van der Waals surface area contributed by atoms with E-state index in [4.69, 9.17) is 10.5 Å². The maximum Gasteiger partial charge on any atom is 0.269 e. The SMILES string of the molecule is Cl.NCC1CCCCN1C(=O)COc1ccc([N+](=O)[O-])cc1. The molecule has 2 rings (SSSR count). The van der Waals surface area contributed by atoms with Gasteiger partial charge < -0.3 is 15.4 Å². The van der Waals surface area contributed by atoms with Crippen LogP contribution in [0.4, 0.5) is 5.69 Å². The van der Waals surface area contributed by atoms with Gasteiger partial charge >= 0.3 is 0 Å². The third-order valence-corrected chi connectivity index (χ3v) is 3.63. The summed E-state index contributed by atoms with van der Waals surface area (Å²) in [6.07, 6.45) is 3.01. The van der Waals surface area contributed by atoms with Gasteiger partial charge in [-0.15, -0.1) is 12.4 Å². The topological polar surface area (TPSA) is 98.7 Å². The summed E-state index contributed by atoms with van der Waals surface area (Å²) in [5, 5.41) is 10.5. The van der Waals surface area contributed by atoms with Crippen molar-refractivity contribution in [1.29, 1.82) is 0 Å². The Balaban J connectivity index is 0.00000242. The van der Waals surface area contributed by atoms with Crippen LogP contribution in [-0.2, 0) is 4.79 Å². The van der Waals surface area contributed by atoms with Gasteiger partial charge in [0, 0.05) is 31.3 Å². The quantitative estimate of drug-likeness (QED) is 0.655. The zero-order valence-corrected chi connectivity index (χ0v) is 13.0. The standard InChI is InChI=1S/C14H19N3O4.ClH/c15-9-12-3-1-2-8-16(12)14(18)10-21-13-6-4-11(5-7-13)17(19)20;/h4-7,12H,1-3,8-10,15H2;1H. The minimum atomic E-state index is -0.478. The van der Waals surface area contributed by atoms with Crippen molar-refractivity contribution in [3.05, 3.63) is 34.4 Å². The Kier molecular flexibility index (Phi) is 7.07. The molecule has 7 nitrogen and oxygen atoms in total. The molecule has 0 bridgehead atoms. The summed E-state index contributed by atoms with van der Waals surface area (Å²) >= 11 is 0. The highest BCUT2D eigenvalue weighted by molar-refractivity contribution is 5.85. The van der Waals surface area contributed by atoms with Crippen LogP contribution >= 0.6 is 12.4 Å². The number of nitrogens with two attached hydrogens (primary N) is 1. The van der Waals surface area contributed by atoms with E-state index >= 15 is 0 Å². The Bertz CT molecular complexity index is 509. The second-order valence-corrected chi connectivity index (χ2v) is 5.01.